The van der Waals surface area contributed by atoms with Gasteiger partial charge in [0.2, 0.25) is 5.78 Å². The van der Waals surface area contributed by atoms with Gasteiger partial charge in [-0.15, -0.1) is 0 Å². The van der Waals surface area contributed by atoms with E-state index in [0.717, 1.165) is 16.8 Å². The number of hydrogen-bond donors (Lipinski definition) is 1. The van der Waals surface area contributed by atoms with Crippen LogP contribution in [0.1, 0.15) is 15.9 Å². The van der Waals surface area contributed by atoms with Crippen LogP contribution in [0.2, 0.25) is 0 Å². The van der Waals surface area contributed by atoms with Crippen LogP contribution in [-0.4, -0.2) is 10.9 Å². The quantitative estimate of drug-likeness (QED) is 0.530. The summed E-state index contributed by atoms with van der Waals surface area (Å²) in [7, 11) is 0. The van der Waals surface area contributed by atoms with Crippen LogP contribution in [-0.2, 0) is 0 Å². The van der Waals surface area contributed by atoms with E-state index in [1.54, 1.807) is 18.2 Å². The molecule has 0 unspecified atom stereocenters. The second-order valence-electron chi connectivity index (χ2n) is 4.69. The van der Waals surface area contributed by atoms with Gasteiger partial charge in [-0.05, 0) is 5.39 Å². The van der Waals surface area contributed by atoms with Crippen molar-refractivity contribution in [2.45, 2.75) is 0 Å². The molecule has 1 N–H and O–H groups in total. The first-order valence-corrected chi connectivity index (χ1v) is 6.11. The lowest BCUT2D eigenvalue weighted by Gasteiger charge is -2.18. The third-order valence-corrected chi connectivity index (χ3v) is 3.56. The van der Waals surface area contributed by atoms with Gasteiger partial charge in [0.1, 0.15) is 11.3 Å². The number of carbonyl (C=O) groups is 1. The average Bonchev–Trinajstić information content (AvgIpc) is 2.43. The monoisotopic (exact) mass is 264 g/mol. The largest absolute Gasteiger partial charge is 0.507 e. The van der Waals surface area contributed by atoms with E-state index in [2.05, 4.69) is 0 Å². The summed E-state index contributed by atoms with van der Waals surface area (Å²) in [6, 6.07) is 11.8. The molecule has 1 aliphatic carbocycles. The van der Waals surface area contributed by atoms with Gasteiger partial charge in [0, 0.05) is 16.5 Å². The molecule has 0 amide bonds. The van der Waals surface area contributed by atoms with Crippen LogP contribution in [0.4, 0.5) is 0 Å². The molecule has 4 nitrogen and oxygen atoms in total. The molecule has 0 bridgehead atoms. The summed E-state index contributed by atoms with van der Waals surface area (Å²) >= 11 is 0. The Morgan fingerprint density at radius 1 is 0.950 bits per heavy atom. The zero-order valence-electron chi connectivity index (χ0n) is 10.2. The van der Waals surface area contributed by atoms with Crippen LogP contribution in [0, 0.1) is 0 Å². The first-order chi connectivity index (χ1) is 9.66. The van der Waals surface area contributed by atoms with Crippen molar-refractivity contribution in [2.24, 2.45) is 0 Å². The Balaban J connectivity index is 2.29. The molecule has 0 saturated carbocycles. The lowest BCUT2D eigenvalue weighted by molar-refractivity contribution is 0.103. The van der Waals surface area contributed by atoms with Crippen LogP contribution < -0.4 is 5.63 Å². The van der Waals surface area contributed by atoms with E-state index < -0.39 is 5.63 Å². The van der Waals surface area contributed by atoms with Crippen LogP contribution in [0.15, 0.2) is 51.7 Å². The summed E-state index contributed by atoms with van der Waals surface area (Å²) in [5, 5.41) is 11.6. The molecule has 1 aliphatic rings. The summed E-state index contributed by atoms with van der Waals surface area (Å²) in [4.78, 5) is 24.0. The minimum Gasteiger partial charge on any atom is -0.507 e. The predicted octanol–water partition coefficient (Wildman–Crippen LogP) is 2.71. The first-order valence-electron chi connectivity index (χ1n) is 6.11. The highest BCUT2D eigenvalue weighted by atomic mass is 16.4. The molecule has 0 spiro atoms. The number of aromatic hydroxyl groups is 1. The molecule has 0 fully saturated rings. The van der Waals surface area contributed by atoms with Crippen molar-refractivity contribution in [3.05, 3.63) is 64.0 Å². The normalized spacial score (nSPS) is 12.5. The van der Waals surface area contributed by atoms with E-state index in [0.29, 0.717) is 11.1 Å². The highest BCUT2D eigenvalue weighted by Gasteiger charge is 2.30. The third kappa shape index (κ3) is 1.25. The van der Waals surface area contributed by atoms with Crippen molar-refractivity contribution in [2.75, 3.05) is 0 Å². The van der Waals surface area contributed by atoms with Gasteiger partial charge >= 0.3 is 5.63 Å². The Morgan fingerprint density at radius 3 is 2.40 bits per heavy atom. The van der Waals surface area contributed by atoms with Crippen molar-refractivity contribution in [3.8, 4) is 17.1 Å². The molecular weight excluding hydrogens is 256 g/mol. The minimum atomic E-state index is -0.676. The van der Waals surface area contributed by atoms with E-state index in [9.17, 15) is 14.7 Å². The molecule has 1 heterocycles. The topological polar surface area (TPSA) is 67.5 Å². The van der Waals surface area contributed by atoms with E-state index >= 15 is 0 Å². The molecule has 0 radical (unpaired) electrons. The van der Waals surface area contributed by atoms with Crippen molar-refractivity contribution in [1.82, 2.24) is 0 Å². The summed E-state index contributed by atoms with van der Waals surface area (Å²) in [5.41, 5.74) is 0.539. The fraction of sp³-hybridized carbons (Fsp3) is 0. The predicted molar refractivity (Wildman–Crippen MR) is 73.0 cm³/mol. The summed E-state index contributed by atoms with van der Waals surface area (Å²) in [6.45, 7) is 0. The van der Waals surface area contributed by atoms with Crippen LogP contribution in [0.25, 0.3) is 22.1 Å². The SMILES string of the molecule is O=C1c2c(O)cc(=O)oc2-c2cccc3cccc1c23. The maximum atomic E-state index is 12.5. The number of hydrogen-bond acceptors (Lipinski definition) is 4. The highest BCUT2D eigenvalue weighted by molar-refractivity contribution is 6.25. The highest BCUT2D eigenvalue weighted by Crippen LogP contribution is 2.41. The number of fused-ring (bicyclic) bond motifs is 2. The van der Waals surface area contributed by atoms with Gasteiger partial charge in [-0.3, -0.25) is 4.79 Å². The molecular formula is C16H8O4. The summed E-state index contributed by atoms with van der Waals surface area (Å²) in [5.74, 6) is -0.525. The van der Waals surface area contributed by atoms with Crippen LogP contribution in [0.3, 0.4) is 0 Å². The molecule has 0 atom stereocenters. The van der Waals surface area contributed by atoms with Crippen molar-refractivity contribution >= 4 is 16.6 Å². The molecule has 0 saturated heterocycles. The lowest BCUT2D eigenvalue weighted by Crippen LogP contribution is -2.13. The molecule has 4 rings (SSSR count). The first kappa shape index (κ1) is 11.0. The minimum absolute atomic E-state index is 0.0517. The molecule has 20 heavy (non-hydrogen) atoms. The lowest BCUT2D eigenvalue weighted by atomic mass is 9.86. The fourth-order valence-corrected chi connectivity index (χ4v) is 2.74. The van der Waals surface area contributed by atoms with Crippen LogP contribution >= 0.6 is 0 Å². The van der Waals surface area contributed by atoms with Gasteiger partial charge < -0.3 is 9.52 Å². The van der Waals surface area contributed by atoms with Crippen molar-refractivity contribution in [3.63, 3.8) is 0 Å². The van der Waals surface area contributed by atoms with E-state index in [4.69, 9.17) is 4.42 Å². The molecule has 1 aromatic heterocycles. The summed E-state index contributed by atoms with van der Waals surface area (Å²) in [6.07, 6.45) is 0. The fourth-order valence-electron chi connectivity index (χ4n) is 2.74. The standard InChI is InChI=1S/C16H8O4/c17-11-7-12(18)20-16-10-6-2-4-8-3-1-5-9(13(8)10)15(19)14(11)16/h1-7,17H. The van der Waals surface area contributed by atoms with Crippen molar-refractivity contribution in [1.29, 1.82) is 0 Å². The van der Waals surface area contributed by atoms with Gasteiger partial charge in [0.05, 0.1) is 6.07 Å². The molecule has 3 aromatic rings. The Labute approximate surface area is 112 Å². The maximum absolute atomic E-state index is 12.5. The zero-order valence-corrected chi connectivity index (χ0v) is 10.2. The van der Waals surface area contributed by atoms with Gasteiger partial charge in [-0.25, -0.2) is 4.79 Å². The summed E-state index contributed by atoms with van der Waals surface area (Å²) < 4.78 is 5.16. The van der Waals surface area contributed by atoms with E-state index in [1.165, 1.54) is 0 Å². The second-order valence-corrected chi connectivity index (χ2v) is 4.69. The molecule has 4 heteroatoms. The van der Waals surface area contributed by atoms with Crippen molar-refractivity contribution < 1.29 is 14.3 Å². The van der Waals surface area contributed by atoms with E-state index in [1.807, 2.05) is 18.2 Å². The molecule has 2 aromatic carbocycles. The van der Waals surface area contributed by atoms with Gasteiger partial charge in [0.25, 0.3) is 0 Å². The molecule has 0 aliphatic heterocycles. The molecule has 96 valence electrons. The van der Waals surface area contributed by atoms with Gasteiger partial charge in [-0.1, -0.05) is 36.4 Å². The Kier molecular flexibility index (Phi) is 1.96. The zero-order chi connectivity index (χ0) is 13.9. The maximum Gasteiger partial charge on any atom is 0.339 e. The smallest absolute Gasteiger partial charge is 0.339 e. The number of ketones is 1. The van der Waals surface area contributed by atoms with Gasteiger partial charge in [-0.2, -0.15) is 0 Å². The van der Waals surface area contributed by atoms with Gasteiger partial charge in [0.15, 0.2) is 5.76 Å². The Bertz CT molecular complexity index is 945. The number of benzene rings is 2. The van der Waals surface area contributed by atoms with E-state index in [-0.39, 0.29) is 22.9 Å². The average molecular weight is 264 g/mol. The number of carbonyl (C=O) groups excluding carboxylic acids is 1. The Hall–Kier alpha value is -2.88. The third-order valence-electron chi connectivity index (χ3n) is 3.56. The second kappa shape index (κ2) is 3.57. The number of rotatable bonds is 0. The van der Waals surface area contributed by atoms with Crippen LogP contribution in [0.5, 0.6) is 5.75 Å². The Morgan fingerprint density at radius 2 is 1.65 bits per heavy atom.